The second-order valence-electron chi connectivity index (χ2n) is 8.75. The van der Waals surface area contributed by atoms with Gasteiger partial charge < -0.3 is 5.32 Å². The number of nitrogens with one attached hydrogen (secondary N) is 2. The first kappa shape index (κ1) is 27.2. The number of rotatable bonds is 10. The third-order valence-corrected chi connectivity index (χ3v) is 8.25. The van der Waals surface area contributed by atoms with Crippen LogP contribution < -0.4 is 14.3 Å². The Morgan fingerprint density at radius 1 is 0.833 bits per heavy atom. The van der Waals surface area contributed by atoms with Crippen molar-refractivity contribution in [2.75, 3.05) is 27.1 Å². The highest BCUT2D eigenvalue weighted by atomic mass is 32.2. The molecule has 36 heavy (non-hydrogen) atoms. The summed E-state index contributed by atoms with van der Waals surface area (Å²) >= 11 is 0. The second-order valence-corrected chi connectivity index (χ2v) is 12.3. The first-order valence-electron chi connectivity index (χ1n) is 11.4. The fraction of sp³-hybridized carbons (Fsp3) is 0.269. The lowest BCUT2D eigenvalue weighted by molar-refractivity contribution is -0.116. The van der Waals surface area contributed by atoms with Gasteiger partial charge in [-0.15, -0.1) is 0 Å². The van der Waals surface area contributed by atoms with Crippen molar-refractivity contribution >= 4 is 43.0 Å². The zero-order valence-corrected chi connectivity index (χ0v) is 22.4. The highest BCUT2D eigenvalue weighted by Crippen LogP contribution is 2.22. The highest BCUT2D eigenvalue weighted by Gasteiger charge is 2.18. The van der Waals surface area contributed by atoms with E-state index in [4.69, 9.17) is 0 Å². The van der Waals surface area contributed by atoms with Gasteiger partial charge in [-0.25, -0.2) is 16.8 Å². The van der Waals surface area contributed by atoms with Crippen LogP contribution >= 0.6 is 0 Å². The van der Waals surface area contributed by atoms with Gasteiger partial charge in [-0.05, 0) is 92.4 Å². The van der Waals surface area contributed by atoms with Gasteiger partial charge in [-0.1, -0.05) is 18.2 Å². The van der Waals surface area contributed by atoms with E-state index in [0.717, 1.165) is 22.9 Å². The van der Waals surface area contributed by atoms with E-state index >= 15 is 0 Å². The largest absolute Gasteiger partial charge is 0.326 e. The summed E-state index contributed by atoms with van der Waals surface area (Å²) in [6.45, 7) is 5.91. The number of sulfonamides is 2. The predicted molar refractivity (Wildman–Crippen MR) is 144 cm³/mol. The van der Waals surface area contributed by atoms with Gasteiger partial charge in [0.05, 0.1) is 16.8 Å². The van der Waals surface area contributed by atoms with Crippen molar-refractivity contribution in [2.45, 2.75) is 38.5 Å². The third-order valence-electron chi connectivity index (χ3n) is 5.66. The number of carbonyl (C=O) groups excluding carboxylic acids is 1. The van der Waals surface area contributed by atoms with Crippen molar-refractivity contribution in [3.05, 3.63) is 83.4 Å². The van der Waals surface area contributed by atoms with Crippen molar-refractivity contribution in [3.8, 4) is 0 Å². The quantitative estimate of drug-likeness (QED) is 0.399. The molecule has 3 rings (SSSR count). The lowest BCUT2D eigenvalue weighted by atomic mass is 10.1. The predicted octanol–water partition coefficient (Wildman–Crippen LogP) is 4.60. The minimum atomic E-state index is -3.78. The number of hydrogen-bond donors (Lipinski definition) is 2. The van der Waals surface area contributed by atoms with E-state index in [1.54, 1.807) is 30.3 Å². The standard InChI is InChI=1S/C26H31N3O5S2/c1-19-7-5-8-24(17-19)29(35(4,31)32)16-6-9-26(30)27-22-12-14-25(15-13-22)36(33,34)28-23-11-10-20(2)21(3)18-23/h5,7-8,10-15,17-18,28H,6,9,16H2,1-4H3,(H,27,30). The molecular weight excluding hydrogens is 498 g/mol. The molecule has 8 nitrogen and oxygen atoms in total. The molecule has 3 aromatic carbocycles. The number of benzene rings is 3. The monoisotopic (exact) mass is 529 g/mol. The van der Waals surface area contributed by atoms with E-state index in [0.29, 0.717) is 23.5 Å². The van der Waals surface area contributed by atoms with E-state index in [9.17, 15) is 21.6 Å². The van der Waals surface area contributed by atoms with Crippen molar-refractivity contribution < 1.29 is 21.6 Å². The summed E-state index contributed by atoms with van der Waals surface area (Å²) < 4.78 is 53.7. The van der Waals surface area contributed by atoms with Crippen LogP contribution in [-0.2, 0) is 24.8 Å². The summed E-state index contributed by atoms with van der Waals surface area (Å²) in [5.41, 5.74) is 4.47. The van der Waals surface area contributed by atoms with Crippen LogP contribution in [-0.4, -0.2) is 35.5 Å². The number of nitrogens with zero attached hydrogens (tertiary/aromatic N) is 1. The molecule has 0 saturated carbocycles. The maximum Gasteiger partial charge on any atom is 0.261 e. The molecule has 0 aliphatic carbocycles. The van der Waals surface area contributed by atoms with E-state index in [-0.39, 0.29) is 23.8 Å². The first-order chi connectivity index (χ1) is 16.8. The molecule has 192 valence electrons. The van der Waals surface area contributed by atoms with Crippen LogP contribution in [0.3, 0.4) is 0 Å². The van der Waals surface area contributed by atoms with Gasteiger partial charge >= 0.3 is 0 Å². The molecular formula is C26H31N3O5S2. The minimum absolute atomic E-state index is 0.0701. The van der Waals surface area contributed by atoms with Crippen molar-refractivity contribution in [3.63, 3.8) is 0 Å². The zero-order valence-electron chi connectivity index (χ0n) is 20.8. The summed E-state index contributed by atoms with van der Waals surface area (Å²) in [4.78, 5) is 12.5. The van der Waals surface area contributed by atoms with Crippen LogP contribution in [0, 0.1) is 20.8 Å². The molecule has 0 spiro atoms. The average Bonchev–Trinajstić information content (AvgIpc) is 2.78. The van der Waals surface area contributed by atoms with Gasteiger partial charge in [0.1, 0.15) is 0 Å². The van der Waals surface area contributed by atoms with Crippen molar-refractivity contribution in [1.82, 2.24) is 0 Å². The second kappa shape index (κ2) is 11.1. The zero-order chi connectivity index (χ0) is 26.5. The topological polar surface area (TPSA) is 113 Å². The van der Waals surface area contributed by atoms with Crippen LogP contribution in [0.2, 0.25) is 0 Å². The molecule has 0 unspecified atom stereocenters. The normalized spacial score (nSPS) is 11.7. The van der Waals surface area contributed by atoms with Gasteiger partial charge in [0, 0.05) is 24.3 Å². The Hall–Kier alpha value is -3.37. The molecule has 0 bridgehead atoms. The highest BCUT2D eigenvalue weighted by molar-refractivity contribution is 7.92. The molecule has 0 radical (unpaired) electrons. The summed E-state index contributed by atoms with van der Waals surface area (Å²) in [6, 6.07) is 18.4. The van der Waals surface area contributed by atoms with Crippen molar-refractivity contribution in [2.24, 2.45) is 0 Å². The number of hydrogen-bond acceptors (Lipinski definition) is 5. The van der Waals surface area contributed by atoms with E-state index in [1.807, 2.05) is 32.9 Å². The van der Waals surface area contributed by atoms with Crippen LogP contribution in [0.15, 0.2) is 71.6 Å². The number of amides is 1. The molecule has 0 aliphatic heterocycles. The Morgan fingerprint density at radius 2 is 1.50 bits per heavy atom. The maximum atomic E-state index is 12.7. The third kappa shape index (κ3) is 7.32. The van der Waals surface area contributed by atoms with Gasteiger partial charge in [0.25, 0.3) is 10.0 Å². The minimum Gasteiger partial charge on any atom is -0.326 e. The smallest absolute Gasteiger partial charge is 0.261 e. The van der Waals surface area contributed by atoms with Crippen LogP contribution in [0.25, 0.3) is 0 Å². The molecule has 0 aromatic heterocycles. The van der Waals surface area contributed by atoms with Crippen LogP contribution in [0.5, 0.6) is 0 Å². The summed E-state index contributed by atoms with van der Waals surface area (Å²) in [6.07, 6.45) is 1.56. The molecule has 0 aliphatic rings. The SMILES string of the molecule is Cc1cccc(N(CCCC(=O)Nc2ccc(S(=O)(=O)Nc3ccc(C)c(C)c3)cc2)S(C)(=O)=O)c1. The summed E-state index contributed by atoms with van der Waals surface area (Å²) in [7, 11) is -7.28. The van der Waals surface area contributed by atoms with Gasteiger partial charge in [-0.3, -0.25) is 13.8 Å². The number of anilines is 3. The van der Waals surface area contributed by atoms with E-state index in [2.05, 4.69) is 10.0 Å². The van der Waals surface area contributed by atoms with Gasteiger partial charge in [0.15, 0.2) is 0 Å². The molecule has 0 atom stereocenters. The molecule has 0 heterocycles. The Morgan fingerprint density at radius 3 is 2.11 bits per heavy atom. The fourth-order valence-electron chi connectivity index (χ4n) is 3.61. The van der Waals surface area contributed by atoms with Gasteiger partial charge in [-0.2, -0.15) is 0 Å². The molecule has 0 saturated heterocycles. The van der Waals surface area contributed by atoms with Crippen molar-refractivity contribution in [1.29, 1.82) is 0 Å². The first-order valence-corrected chi connectivity index (χ1v) is 14.7. The summed E-state index contributed by atoms with van der Waals surface area (Å²) in [5, 5.41) is 2.72. The Bertz CT molecular complexity index is 1450. The number of aryl methyl sites for hydroxylation is 3. The number of carbonyl (C=O) groups is 1. The molecule has 10 heteroatoms. The average molecular weight is 530 g/mol. The lowest BCUT2D eigenvalue weighted by Crippen LogP contribution is -2.31. The molecule has 0 fully saturated rings. The molecule has 2 N–H and O–H groups in total. The summed E-state index contributed by atoms with van der Waals surface area (Å²) in [5.74, 6) is -0.295. The van der Waals surface area contributed by atoms with E-state index in [1.165, 1.54) is 28.6 Å². The Balaban J connectivity index is 1.58. The Kier molecular flexibility index (Phi) is 8.42. The maximum absolute atomic E-state index is 12.7. The van der Waals surface area contributed by atoms with Crippen LogP contribution in [0.1, 0.15) is 29.5 Å². The lowest BCUT2D eigenvalue weighted by Gasteiger charge is -2.22. The van der Waals surface area contributed by atoms with Gasteiger partial charge in [0.2, 0.25) is 15.9 Å². The Labute approximate surface area is 213 Å². The molecule has 3 aromatic rings. The molecule has 1 amide bonds. The fourth-order valence-corrected chi connectivity index (χ4v) is 5.62. The van der Waals surface area contributed by atoms with Crippen LogP contribution in [0.4, 0.5) is 17.1 Å². The van der Waals surface area contributed by atoms with E-state index < -0.39 is 20.0 Å².